The quantitative estimate of drug-likeness (QED) is 0.480. The average molecular weight is 276 g/mol. The molecule has 1 saturated heterocycles. The zero-order chi connectivity index (χ0) is 14.7. The van der Waals surface area contributed by atoms with Crippen LogP contribution < -0.4 is 0 Å². The maximum atomic E-state index is 11.8. The first-order chi connectivity index (χ1) is 10.2. The Balaban J connectivity index is 2.05. The normalized spacial score (nSPS) is 18.3. The van der Waals surface area contributed by atoms with Crippen molar-refractivity contribution in [3.8, 4) is 0 Å². The van der Waals surface area contributed by atoms with Crippen LogP contribution in [0.5, 0.6) is 0 Å². The largest absolute Gasteiger partial charge is 0.386 e. The average Bonchev–Trinajstić information content (AvgIpc) is 2.76. The third-order valence-electron chi connectivity index (χ3n) is 3.14. The minimum Gasteiger partial charge on any atom is -0.386 e. The van der Waals surface area contributed by atoms with Crippen molar-refractivity contribution in [1.82, 2.24) is 0 Å². The third kappa shape index (κ3) is 2.82. The molecule has 0 amide bonds. The molecule has 0 aromatic heterocycles. The Kier molecular flexibility index (Phi) is 3.48. The standard InChI is InChI=1S/C18H12O3/c19-17-15(11-13-7-3-1-4-8-13)16(18(20)21-17)12-14-9-5-2-6-10-14/h1-12H/b15-11+,16-12+. The molecule has 0 spiro atoms. The number of ether oxygens (including phenoxy) is 1. The van der Waals surface area contributed by atoms with Crippen molar-refractivity contribution >= 4 is 24.1 Å². The molecule has 102 valence electrons. The molecule has 21 heavy (non-hydrogen) atoms. The van der Waals surface area contributed by atoms with Crippen LogP contribution in [0, 0.1) is 0 Å². The maximum Gasteiger partial charge on any atom is 0.346 e. The van der Waals surface area contributed by atoms with Gasteiger partial charge < -0.3 is 4.74 Å². The molecule has 0 bridgehead atoms. The fourth-order valence-corrected chi connectivity index (χ4v) is 2.12. The Morgan fingerprint density at radius 3 is 1.38 bits per heavy atom. The summed E-state index contributed by atoms with van der Waals surface area (Å²) in [7, 11) is 0. The van der Waals surface area contributed by atoms with Gasteiger partial charge in [0.1, 0.15) is 0 Å². The maximum absolute atomic E-state index is 11.8. The van der Waals surface area contributed by atoms with Gasteiger partial charge in [-0.1, -0.05) is 60.7 Å². The van der Waals surface area contributed by atoms with E-state index in [0.717, 1.165) is 11.1 Å². The Labute approximate surface area is 122 Å². The zero-order valence-electron chi connectivity index (χ0n) is 11.2. The summed E-state index contributed by atoms with van der Waals surface area (Å²) in [5.41, 5.74) is 2.27. The molecule has 1 aliphatic heterocycles. The number of benzene rings is 2. The van der Waals surface area contributed by atoms with Crippen LogP contribution in [0.3, 0.4) is 0 Å². The topological polar surface area (TPSA) is 43.4 Å². The molecule has 0 atom stereocenters. The van der Waals surface area contributed by atoms with Gasteiger partial charge in [-0.05, 0) is 23.3 Å². The second kappa shape index (κ2) is 5.59. The molecule has 0 unspecified atom stereocenters. The minimum absolute atomic E-state index is 0.287. The van der Waals surface area contributed by atoms with E-state index in [4.69, 9.17) is 4.74 Å². The van der Waals surface area contributed by atoms with Crippen LogP contribution in [0.4, 0.5) is 0 Å². The van der Waals surface area contributed by atoms with Gasteiger partial charge in [0.25, 0.3) is 0 Å². The summed E-state index contributed by atoms with van der Waals surface area (Å²) in [6, 6.07) is 18.7. The van der Waals surface area contributed by atoms with E-state index in [1.165, 1.54) is 0 Å². The molecule has 2 aromatic rings. The molecule has 1 fully saturated rings. The lowest BCUT2D eigenvalue weighted by atomic mass is 10.0. The molecule has 1 heterocycles. The van der Waals surface area contributed by atoms with E-state index in [1.807, 2.05) is 60.7 Å². The van der Waals surface area contributed by atoms with Gasteiger partial charge in [-0.3, -0.25) is 0 Å². The second-order valence-electron chi connectivity index (χ2n) is 4.61. The molecule has 0 saturated carbocycles. The fourth-order valence-electron chi connectivity index (χ4n) is 2.12. The fraction of sp³-hybridized carbons (Fsp3) is 0. The lowest BCUT2D eigenvalue weighted by molar-refractivity contribution is -0.149. The minimum atomic E-state index is -0.606. The molecule has 2 aromatic carbocycles. The van der Waals surface area contributed by atoms with Crippen LogP contribution in [0.15, 0.2) is 71.8 Å². The summed E-state index contributed by atoms with van der Waals surface area (Å²) in [5, 5.41) is 0. The smallest absolute Gasteiger partial charge is 0.346 e. The Hall–Kier alpha value is -2.94. The van der Waals surface area contributed by atoms with Gasteiger partial charge in [0, 0.05) is 0 Å². The van der Waals surface area contributed by atoms with Crippen LogP contribution in [-0.4, -0.2) is 11.9 Å². The van der Waals surface area contributed by atoms with Gasteiger partial charge in [-0.2, -0.15) is 0 Å². The first-order valence-electron chi connectivity index (χ1n) is 6.54. The Morgan fingerprint density at radius 1 is 0.619 bits per heavy atom. The van der Waals surface area contributed by atoms with E-state index in [9.17, 15) is 9.59 Å². The molecule has 0 radical (unpaired) electrons. The highest BCUT2D eigenvalue weighted by Crippen LogP contribution is 2.26. The van der Waals surface area contributed by atoms with Gasteiger partial charge in [0.15, 0.2) is 0 Å². The van der Waals surface area contributed by atoms with Crippen molar-refractivity contribution in [2.24, 2.45) is 0 Å². The summed E-state index contributed by atoms with van der Waals surface area (Å²) in [6.45, 7) is 0. The van der Waals surface area contributed by atoms with Gasteiger partial charge in [-0.25, -0.2) is 9.59 Å². The Bertz CT molecular complexity index is 675. The van der Waals surface area contributed by atoms with Crippen molar-refractivity contribution in [3.05, 3.63) is 82.9 Å². The zero-order valence-corrected chi connectivity index (χ0v) is 11.2. The number of esters is 2. The van der Waals surface area contributed by atoms with Crippen LogP contribution in [0.2, 0.25) is 0 Å². The van der Waals surface area contributed by atoms with Crippen LogP contribution >= 0.6 is 0 Å². The van der Waals surface area contributed by atoms with Crippen LogP contribution in [0.1, 0.15) is 11.1 Å². The van der Waals surface area contributed by atoms with Gasteiger partial charge in [-0.15, -0.1) is 0 Å². The molecule has 1 aliphatic rings. The summed E-state index contributed by atoms with van der Waals surface area (Å²) >= 11 is 0. The van der Waals surface area contributed by atoms with Gasteiger partial charge >= 0.3 is 11.9 Å². The highest BCUT2D eigenvalue weighted by atomic mass is 16.6. The van der Waals surface area contributed by atoms with Crippen molar-refractivity contribution in [2.45, 2.75) is 0 Å². The molecule has 3 heteroatoms. The monoisotopic (exact) mass is 276 g/mol. The number of rotatable bonds is 2. The number of carbonyl (C=O) groups is 2. The number of hydrogen-bond acceptors (Lipinski definition) is 3. The highest BCUT2D eigenvalue weighted by Gasteiger charge is 2.33. The van der Waals surface area contributed by atoms with E-state index in [2.05, 4.69) is 0 Å². The van der Waals surface area contributed by atoms with E-state index in [0.29, 0.717) is 0 Å². The molecule has 3 nitrogen and oxygen atoms in total. The number of cyclic esters (lactones) is 2. The summed E-state index contributed by atoms with van der Waals surface area (Å²) in [5.74, 6) is -1.21. The first kappa shape index (κ1) is 13.1. The molecule has 0 aliphatic carbocycles. The van der Waals surface area contributed by atoms with Crippen molar-refractivity contribution in [2.75, 3.05) is 0 Å². The van der Waals surface area contributed by atoms with E-state index >= 15 is 0 Å². The van der Waals surface area contributed by atoms with Crippen molar-refractivity contribution < 1.29 is 14.3 Å². The molecular weight excluding hydrogens is 264 g/mol. The van der Waals surface area contributed by atoms with Crippen LogP contribution in [0.25, 0.3) is 12.2 Å². The lowest BCUT2D eigenvalue weighted by Gasteiger charge is -1.97. The van der Waals surface area contributed by atoms with E-state index < -0.39 is 11.9 Å². The predicted octanol–water partition coefficient (Wildman–Crippen LogP) is 3.24. The summed E-state index contributed by atoms with van der Waals surface area (Å²) in [4.78, 5) is 23.7. The third-order valence-corrected chi connectivity index (χ3v) is 3.14. The molecule has 0 N–H and O–H groups in total. The highest BCUT2D eigenvalue weighted by molar-refractivity contribution is 6.22. The van der Waals surface area contributed by atoms with E-state index in [-0.39, 0.29) is 11.1 Å². The predicted molar refractivity (Wildman–Crippen MR) is 79.9 cm³/mol. The number of hydrogen-bond donors (Lipinski definition) is 0. The van der Waals surface area contributed by atoms with E-state index in [1.54, 1.807) is 12.2 Å². The molecular formula is C18H12O3. The SMILES string of the molecule is O=C1OC(=O)C(=C/c2ccccc2)/C1=C\c1ccccc1. The summed E-state index contributed by atoms with van der Waals surface area (Å²) < 4.78 is 4.72. The van der Waals surface area contributed by atoms with Crippen molar-refractivity contribution in [1.29, 1.82) is 0 Å². The first-order valence-corrected chi connectivity index (χ1v) is 6.54. The van der Waals surface area contributed by atoms with Crippen molar-refractivity contribution in [3.63, 3.8) is 0 Å². The Morgan fingerprint density at radius 2 is 1.00 bits per heavy atom. The molecule has 3 rings (SSSR count). The number of carbonyl (C=O) groups excluding carboxylic acids is 2. The van der Waals surface area contributed by atoms with Gasteiger partial charge in [0.2, 0.25) is 0 Å². The summed E-state index contributed by atoms with van der Waals surface area (Å²) in [6.07, 6.45) is 3.34. The lowest BCUT2D eigenvalue weighted by Crippen LogP contribution is -1.97. The van der Waals surface area contributed by atoms with Crippen LogP contribution in [-0.2, 0) is 14.3 Å². The van der Waals surface area contributed by atoms with Gasteiger partial charge in [0.05, 0.1) is 11.1 Å². The second-order valence-corrected chi connectivity index (χ2v) is 4.61.